The summed E-state index contributed by atoms with van der Waals surface area (Å²) in [5.74, 6) is 3.82. The molecule has 8 aromatic carbocycles. The second-order valence-electron chi connectivity index (χ2n) is 13.6. The third kappa shape index (κ3) is 7.27. The third-order valence-electron chi connectivity index (χ3n) is 9.81. The normalized spacial score (nSPS) is 11.2. The minimum absolute atomic E-state index is 0.628. The molecular formula is C50H32N6S. The number of aromatic nitrogens is 6. The van der Waals surface area contributed by atoms with Gasteiger partial charge in [0.05, 0.1) is 0 Å². The van der Waals surface area contributed by atoms with Crippen molar-refractivity contribution in [1.29, 1.82) is 0 Å². The molecule has 7 heteroatoms. The first kappa shape index (κ1) is 34.2. The highest BCUT2D eigenvalue weighted by molar-refractivity contribution is 7.99. The van der Waals surface area contributed by atoms with Gasteiger partial charge in [0, 0.05) is 43.2 Å². The van der Waals surface area contributed by atoms with E-state index < -0.39 is 0 Å². The summed E-state index contributed by atoms with van der Waals surface area (Å²) >= 11 is 1.69. The fourth-order valence-corrected chi connectivity index (χ4v) is 7.65. The summed E-state index contributed by atoms with van der Waals surface area (Å²) in [6, 6.07) is 66.2. The van der Waals surface area contributed by atoms with Crippen LogP contribution in [0.15, 0.2) is 204 Å². The molecule has 2 heterocycles. The van der Waals surface area contributed by atoms with Crippen molar-refractivity contribution >= 4 is 33.3 Å². The lowest BCUT2D eigenvalue weighted by atomic mass is 10.1. The average Bonchev–Trinajstić information content (AvgIpc) is 3.29. The molecule has 2 aromatic heterocycles. The highest BCUT2D eigenvalue weighted by Gasteiger charge is 2.15. The van der Waals surface area contributed by atoms with Crippen LogP contribution in [0.3, 0.4) is 0 Å². The van der Waals surface area contributed by atoms with Gasteiger partial charge in [-0.25, -0.2) is 29.9 Å². The molecule has 0 atom stereocenters. The number of rotatable bonds is 8. The molecule has 0 aliphatic rings. The van der Waals surface area contributed by atoms with Gasteiger partial charge in [-0.05, 0) is 57.9 Å². The fraction of sp³-hybridized carbons (Fsp3) is 0. The van der Waals surface area contributed by atoms with Crippen molar-refractivity contribution in [2.75, 3.05) is 0 Å². The number of benzene rings is 8. The van der Waals surface area contributed by atoms with Gasteiger partial charge in [-0.15, -0.1) is 0 Å². The Morgan fingerprint density at radius 3 is 0.877 bits per heavy atom. The summed E-state index contributed by atoms with van der Waals surface area (Å²) in [5.41, 5.74) is 5.62. The van der Waals surface area contributed by atoms with Crippen molar-refractivity contribution in [3.8, 4) is 68.3 Å². The molecule has 57 heavy (non-hydrogen) atoms. The zero-order valence-electron chi connectivity index (χ0n) is 30.6. The molecular weight excluding hydrogens is 717 g/mol. The highest BCUT2D eigenvalue weighted by Crippen LogP contribution is 2.33. The molecule has 10 rings (SSSR count). The Kier molecular flexibility index (Phi) is 9.02. The Balaban J connectivity index is 0.933. The van der Waals surface area contributed by atoms with Crippen LogP contribution in [0.25, 0.3) is 89.9 Å². The summed E-state index contributed by atoms with van der Waals surface area (Å²) in [6.07, 6.45) is 0. The zero-order valence-corrected chi connectivity index (χ0v) is 31.4. The molecule has 0 aliphatic heterocycles. The van der Waals surface area contributed by atoms with Gasteiger partial charge in [-0.3, -0.25) is 0 Å². The topological polar surface area (TPSA) is 77.3 Å². The van der Waals surface area contributed by atoms with Crippen molar-refractivity contribution in [1.82, 2.24) is 29.9 Å². The number of hydrogen-bond acceptors (Lipinski definition) is 7. The largest absolute Gasteiger partial charge is 0.208 e. The lowest BCUT2D eigenvalue weighted by Gasteiger charge is -2.10. The van der Waals surface area contributed by atoms with E-state index in [0.29, 0.717) is 34.9 Å². The molecule has 0 saturated carbocycles. The van der Waals surface area contributed by atoms with Crippen LogP contribution in [0.5, 0.6) is 0 Å². The molecule has 268 valence electrons. The summed E-state index contributed by atoms with van der Waals surface area (Å²) in [4.78, 5) is 31.9. The molecule has 0 N–H and O–H groups in total. The molecule has 0 spiro atoms. The molecule has 0 unspecified atom stereocenters. The van der Waals surface area contributed by atoms with Gasteiger partial charge < -0.3 is 0 Å². The molecule has 10 aromatic rings. The Bertz CT molecular complexity index is 2820. The van der Waals surface area contributed by atoms with Gasteiger partial charge in [0.2, 0.25) is 0 Å². The van der Waals surface area contributed by atoms with Crippen molar-refractivity contribution in [3.63, 3.8) is 0 Å². The van der Waals surface area contributed by atoms with E-state index in [1.54, 1.807) is 11.8 Å². The van der Waals surface area contributed by atoms with Crippen molar-refractivity contribution in [3.05, 3.63) is 194 Å². The Morgan fingerprint density at radius 1 is 0.228 bits per heavy atom. The van der Waals surface area contributed by atoms with Gasteiger partial charge in [-0.1, -0.05) is 169 Å². The van der Waals surface area contributed by atoms with Crippen LogP contribution in [-0.2, 0) is 0 Å². The molecule has 0 fully saturated rings. The van der Waals surface area contributed by atoms with E-state index in [1.165, 1.54) is 10.8 Å². The first-order valence-corrected chi connectivity index (χ1v) is 19.5. The zero-order chi connectivity index (χ0) is 38.0. The van der Waals surface area contributed by atoms with E-state index in [0.717, 1.165) is 53.9 Å². The monoisotopic (exact) mass is 748 g/mol. The molecule has 0 aliphatic carbocycles. The molecule has 0 saturated heterocycles. The van der Waals surface area contributed by atoms with Crippen LogP contribution in [0, 0.1) is 0 Å². The van der Waals surface area contributed by atoms with Gasteiger partial charge in [0.15, 0.2) is 34.9 Å². The fourth-order valence-electron chi connectivity index (χ4n) is 6.84. The smallest absolute Gasteiger partial charge is 0.164 e. The maximum atomic E-state index is 4.98. The Hall–Kier alpha value is -7.35. The maximum absolute atomic E-state index is 4.98. The van der Waals surface area contributed by atoms with E-state index in [9.17, 15) is 0 Å². The molecule has 0 bridgehead atoms. The first-order chi connectivity index (χ1) is 28.2. The predicted octanol–water partition coefficient (Wildman–Crippen LogP) is 12.5. The van der Waals surface area contributed by atoms with Crippen LogP contribution in [0.4, 0.5) is 0 Å². The SMILES string of the molecule is c1ccc(-c2nc(-c3ccc(Sc4ccc(-c5nc(-c6ccccc6)nc(-c6ccc7ccccc7c6)n5)cc4)cc3)nc(-c3ccc4ccccc4c3)n2)cc1. The van der Waals surface area contributed by atoms with Crippen LogP contribution in [0.1, 0.15) is 0 Å². The second-order valence-corrected chi connectivity index (χ2v) is 14.8. The second kappa shape index (κ2) is 15.1. The molecule has 6 nitrogen and oxygen atoms in total. The van der Waals surface area contributed by atoms with Gasteiger partial charge in [0.1, 0.15) is 0 Å². The summed E-state index contributed by atoms with van der Waals surface area (Å²) in [7, 11) is 0. The predicted molar refractivity (Wildman–Crippen MR) is 231 cm³/mol. The van der Waals surface area contributed by atoms with Gasteiger partial charge in [0.25, 0.3) is 0 Å². The molecule has 0 amide bonds. The van der Waals surface area contributed by atoms with Crippen LogP contribution < -0.4 is 0 Å². The first-order valence-electron chi connectivity index (χ1n) is 18.7. The number of nitrogens with zero attached hydrogens (tertiary/aromatic N) is 6. The quantitative estimate of drug-likeness (QED) is 0.153. The highest BCUT2D eigenvalue weighted by atomic mass is 32.2. The van der Waals surface area contributed by atoms with E-state index in [-0.39, 0.29) is 0 Å². The number of fused-ring (bicyclic) bond motifs is 2. The van der Waals surface area contributed by atoms with E-state index in [2.05, 4.69) is 121 Å². The standard InChI is InChI=1S/C50H32N6S/c1-3-13-35(14-4-1)45-51-47(55-49(53-45)41-21-19-33-11-7-9-17-39(33)31-41)37-23-27-43(28-24-37)57-44-29-25-38(26-30-44)48-52-46(36-15-5-2-6-16-36)54-50(56-48)42-22-20-34-12-8-10-18-40(34)32-42/h1-32H. The number of hydrogen-bond donors (Lipinski definition) is 0. The minimum Gasteiger partial charge on any atom is -0.208 e. The van der Waals surface area contributed by atoms with Crippen molar-refractivity contribution in [2.24, 2.45) is 0 Å². The van der Waals surface area contributed by atoms with E-state index in [4.69, 9.17) is 29.9 Å². The van der Waals surface area contributed by atoms with E-state index in [1.807, 2.05) is 72.8 Å². The maximum Gasteiger partial charge on any atom is 0.164 e. The lowest BCUT2D eigenvalue weighted by Crippen LogP contribution is -2.00. The van der Waals surface area contributed by atoms with Crippen LogP contribution >= 0.6 is 11.8 Å². The van der Waals surface area contributed by atoms with Gasteiger partial charge >= 0.3 is 0 Å². The van der Waals surface area contributed by atoms with Gasteiger partial charge in [-0.2, -0.15) is 0 Å². The lowest BCUT2D eigenvalue weighted by molar-refractivity contribution is 1.07. The average molecular weight is 749 g/mol. The molecule has 0 radical (unpaired) electrons. The van der Waals surface area contributed by atoms with Crippen LogP contribution in [-0.4, -0.2) is 29.9 Å². The summed E-state index contributed by atoms with van der Waals surface area (Å²) in [5, 5.41) is 4.64. The van der Waals surface area contributed by atoms with Crippen molar-refractivity contribution < 1.29 is 0 Å². The van der Waals surface area contributed by atoms with E-state index >= 15 is 0 Å². The third-order valence-corrected chi connectivity index (χ3v) is 10.8. The Labute approximate surface area is 334 Å². The summed E-state index contributed by atoms with van der Waals surface area (Å²) in [6.45, 7) is 0. The minimum atomic E-state index is 0.628. The van der Waals surface area contributed by atoms with Crippen molar-refractivity contribution in [2.45, 2.75) is 9.79 Å². The summed E-state index contributed by atoms with van der Waals surface area (Å²) < 4.78 is 0. The Morgan fingerprint density at radius 2 is 0.509 bits per heavy atom. The van der Waals surface area contributed by atoms with Crippen LogP contribution in [0.2, 0.25) is 0 Å².